The Balaban J connectivity index is 1.63. The van der Waals surface area contributed by atoms with E-state index in [4.69, 9.17) is 0 Å². The minimum atomic E-state index is -0.760. The minimum absolute atomic E-state index is 0.249. The van der Waals surface area contributed by atoms with Crippen molar-refractivity contribution in [1.29, 1.82) is 0 Å². The third kappa shape index (κ3) is 7.20. The number of amides is 3. The highest BCUT2D eigenvalue weighted by Crippen LogP contribution is 2.08. The van der Waals surface area contributed by atoms with E-state index in [1.807, 2.05) is 67.7 Å². The molecule has 1 fully saturated rings. The van der Waals surface area contributed by atoms with Crippen LogP contribution >= 0.6 is 0 Å². The number of rotatable bonds is 9. The molecule has 1 aliphatic heterocycles. The second-order valence-corrected chi connectivity index (χ2v) is 8.26. The van der Waals surface area contributed by atoms with E-state index >= 15 is 0 Å². The van der Waals surface area contributed by atoms with Crippen molar-refractivity contribution in [3.63, 3.8) is 0 Å². The highest BCUT2D eigenvalue weighted by atomic mass is 16.2. The maximum absolute atomic E-state index is 13.1. The first-order valence-electron chi connectivity index (χ1n) is 11.1. The van der Waals surface area contributed by atoms with Crippen molar-refractivity contribution >= 4 is 18.2 Å². The number of likely N-dealkylation sites (N-methyl/N-ethyl adjacent to an activating group) is 1. The van der Waals surface area contributed by atoms with E-state index in [-0.39, 0.29) is 11.9 Å². The molecule has 0 bridgehead atoms. The van der Waals surface area contributed by atoms with Crippen LogP contribution in [0.3, 0.4) is 0 Å². The van der Waals surface area contributed by atoms with Gasteiger partial charge in [0.05, 0.1) is 6.04 Å². The average molecular weight is 437 g/mol. The number of hydrogen-bond acceptors (Lipinski definition) is 4. The van der Waals surface area contributed by atoms with Gasteiger partial charge >= 0.3 is 6.03 Å². The molecule has 2 N–H and O–H groups in total. The monoisotopic (exact) mass is 436 g/mol. The molecule has 1 heterocycles. The second-order valence-electron chi connectivity index (χ2n) is 8.26. The normalized spacial score (nSPS) is 16.1. The smallest absolute Gasteiger partial charge is 0.318 e. The van der Waals surface area contributed by atoms with E-state index in [0.29, 0.717) is 32.4 Å². The Labute approximate surface area is 189 Å². The number of benzene rings is 2. The van der Waals surface area contributed by atoms with Gasteiger partial charge in [-0.1, -0.05) is 60.7 Å². The summed E-state index contributed by atoms with van der Waals surface area (Å²) in [5.74, 6) is -0.346. The zero-order valence-corrected chi connectivity index (χ0v) is 18.6. The predicted octanol–water partition coefficient (Wildman–Crippen LogP) is 1.87. The Hall–Kier alpha value is -3.19. The highest BCUT2D eigenvalue weighted by molar-refractivity contribution is 5.89. The van der Waals surface area contributed by atoms with E-state index in [2.05, 4.69) is 15.5 Å². The zero-order valence-electron chi connectivity index (χ0n) is 18.6. The lowest BCUT2D eigenvalue weighted by molar-refractivity contribution is -0.125. The molecular formula is C25H32N4O3. The summed E-state index contributed by atoms with van der Waals surface area (Å²) in [6.07, 6.45) is 2.31. The van der Waals surface area contributed by atoms with Crippen LogP contribution in [0.2, 0.25) is 0 Å². The van der Waals surface area contributed by atoms with Gasteiger partial charge in [0.1, 0.15) is 12.3 Å². The van der Waals surface area contributed by atoms with Gasteiger partial charge < -0.3 is 25.2 Å². The Morgan fingerprint density at radius 1 is 0.906 bits per heavy atom. The van der Waals surface area contributed by atoms with Crippen LogP contribution in [-0.4, -0.2) is 73.3 Å². The molecule has 0 aliphatic carbocycles. The lowest BCUT2D eigenvalue weighted by Crippen LogP contribution is -2.57. The van der Waals surface area contributed by atoms with Crippen molar-refractivity contribution in [1.82, 2.24) is 20.4 Å². The first kappa shape index (κ1) is 23.5. The topological polar surface area (TPSA) is 81.8 Å². The lowest BCUT2D eigenvalue weighted by Gasteiger charge is -2.33. The Morgan fingerprint density at radius 3 is 2.09 bits per heavy atom. The molecule has 7 heteroatoms. The second kappa shape index (κ2) is 12.0. The lowest BCUT2D eigenvalue weighted by atomic mass is 10.0. The van der Waals surface area contributed by atoms with E-state index < -0.39 is 12.1 Å². The maximum Gasteiger partial charge on any atom is 0.318 e. The molecule has 0 saturated carbocycles. The molecule has 0 spiro atoms. The summed E-state index contributed by atoms with van der Waals surface area (Å²) in [7, 11) is 2.02. The molecular weight excluding hydrogens is 404 g/mol. The summed E-state index contributed by atoms with van der Waals surface area (Å²) in [6, 6.07) is 17.8. The molecule has 1 saturated heterocycles. The number of carbonyl (C=O) groups is 3. The number of aryl methyl sites for hydroxylation is 1. The fourth-order valence-corrected chi connectivity index (χ4v) is 3.73. The standard InChI is InChI=1S/C25H32N4O3/c1-28-14-16-29(17-15-28)25(32)27-23(18-21-10-6-3-7-11-21)24(31)26-22(19-30)13-12-20-8-4-2-5-9-20/h2-11,19,22-23H,12-18H2,1H3,(H,26,31)(H,27,32). The van der Waals surface area contributed by atoms with Gasteiger partial charge in [0, 0.05) is 32.6 Å². The molecule has 0 radical (unpaired) electrons. The maximum atomic E-state index is 13.1. The van der Waals surface area contributed by atoms with Crippen LogP contribution in [0.1, 0.15) is 17.5 Å². The van der Waals surface area contributed by atoms with E-state index in [0.717, 1.165) is 30.5 Å². The van der Waals surface area contributed by atoms with Gasteiger partial charge in [-0.15, -0.1) is 0 Å². The third-order valence-corrected chi connectivity index (χ3v) is 5.77. The van der Waals surface area contributed by atoms with Crippen LogP contribution in [0, 0.1) is 0 Å². The van der Waals surface area contributed by atoms with E-state index in [1.165, 1.54) is 0 Å². The first-order valence-corrected chi connectivity index (χ1v) is 11.1. The third-order valence-electron chi connectivity index (χ3n) is 5.77. The molecule has 2 aromatic carbocycles. The molecule has 1 aliphatic rings. The van der Waals surface area contributed by atoms with Crippen LogP contribution in [-0.2, 0) is 22.4 Å². The summed E-state index contributed by atoms with van der Waals surface area (Å²) in [4.78, 5) is 41.4. The van der Waals surface area contributed by atoms with Gasteiger partial charge in [-0.3, -0.25) is 4.79 Å². The summed E-state index contributed by atoms with van der Waals surface area (Å²) in [6.45, 7) is 2.84. The summed E-state index contributed by atoms with van der Waals surface area (Å²) < 4.78 is 0. The van der Waals surface area contributed by atoms with Gasteiger partial charge in [0.15, 0.2) is 0 Å². The number of nitrogens with zero attached hydrogens (tertiary/aromatic N) is 2. The summed E-state index contributed by atoms with van der Waals surface area (Å²) in [5.41, 5.74) is 2.05. The molecule has 2 unspecified atom stereocenters. The largest absolute Gasteiger partial charge is 0.345 e. The van der Waals surface area contributed by atoms with Gasteiger partial charge in [-0.2, -0.15) is 0 Å². The van der Waals surface area contributed by atoms with Crippen molar-refractivity contribution < 1.29 is 14.4 Å². The molecule has 3 rings (SSSR count). The van der Waals surface area contributed by atoms with Crippen LogP contribution in [0.5, 0.6) is 0 Å². The first-order chi connectivity index (χ1) is 15.5. The molecule has 0 aromatic heterocycles. The van der Waals surface area contributed by atoms with Crippen LogP contribution < -0.4 is 10.6 Å². The predicted molar refractivity (Wildman–Crippen MR) is 124 cm³/mol. The van der Waals surface area contributed by atoms with Gasteiger partial charge in [0.25, 0.3) is 0 Å². The zero-order chi connectivity index (χ0) is 22.8. The molecule has 2 atom stereocenters. The van der Waals surface area contributed by atoms with Gasteiger partial charge in [0.2, 0.25) is 5.91 Å². The molecule has 170 valence electrons. The molecule has 32 heavy (non-hydrogen) atoms. The Bertz CT molecular complexity index is 867. The van der Waals surface area contributed by atoms with Crippen molar-refractivity contribution in [2.45, 2.75) is 31.3 Å². The summed E-state index contributed by atoms with van der Waals surface area (Å²) >= 11 is 0. The minimum Gasteiger partial charge on any atom is -0.345 e. The molecule has 2 aromatic rings. The number of urea groups is 1. The molecule has 7 nitrogen and oxygen atoms in total. The van der Waals surface area contributed by atoms with Crippen molar-refractivity contribution in [2.75, 3.05) is 33.2 Å². The number of carbonyl (C=O) groups excluding carboxylic acids is 3. The fourth-order valence-electron chi connectivity index (χ4n) is 3.73. The van der Waals surface area contributed by atoms with Crippen molar-refractivity contribution in [3.8, 4) is 0 Å². The number of aldehydes is 1. The van der Waals surface area contributed by atoms with Crippen LogP contribution in [0.15, 0.2) is 60.7 Å². The highest BCUT2D eigenvalue weighted by Gasteiger charge is 2.27. The Morgan fingerprint density at radius 2 is 1.50 bits per heavy atom. The number of piperazine rings is 1. The molecule has 3 amide bonds. The SMILES string of the molecule is CN1CCN(C(=O)NC(Cc2ccccc2)C(=O)NC(C=O)CCc2ccccc2)CC1. The van der Waals surface area contributed by atoms with Gasteiger partial charge in [-0.05, 0) is 31.0 Å². The van der Waals surface area contributed by atoms with E-state index in [1.54, 1.807) is 4.90 Å². The average Bonchev–Trinajstić information content (AvgIpc) is 2.83. The van der Waals surface area contributed by atoms with Crippen LogP contribution in [0.25, 0.3) is 0 Å². The Kier molecular flexibility index (Phi) is 8.80. The fraction of sp³-hybridized carbons (Fsp3) is 0.400. The van der Waals surface area contributed by atoms with Gasteiger partial charge in [-0.25, -0.2) is 4.79 Å². The van der Waals surface area contributed by atoms with E-state index in [9.17, 15) is 14.4 Å². The van der Waals surface area contributed by atoms with Crippen molar-refractivity contribution in [3.05, 3.63) is 71.8 Å². The van der Waals surface area contributed by atoms with Crippen LogP contribution in [0.4, 0.5) is 4.79 Å². The summed E-state index contributed by atoms with van der Waals surface area (Å²) in [5, 5.41) is 5.72. The quantitative estimate of drug-likeness (QED) is 0.588. The van der Waals surface area contributed by atoms with Crippen molar-refractivity contribution in [2.24, 2.45) is 0 Å². The number of hydrogen-bond donors (Lipinski definition) is 2. The number of nitrogens with one attached hydrogen (secondary N) is 2.